The van der Waals surface area contributed by atoms with Crippen LogP contribution in [0, 0.1) is 0 Å². The lowest BCUT2D eigenvalue weighted by atomic mass is 9.74. The van der Waals surface area contributed by atoms with Gasteiger partial charge in [0, 0.05) is 5.56 Å². The Labute approximate surface area is 126 Å². The van der Waals surface area contributed by atoms with Crippen LogP contribution in [-0.2, 0) is 4.79 Å². The number of carboxylic acids is 1. The van der Waals surface area contributed by atoms with Crippen molar-refractivity contribution in [3.63, 3.8) is 0 Å². The zero-order valence-electron chi connectivity index (χ0n) is 11.8. The van der Waals surface area contributed by atoms with Crippen molar-refractivity contribution in [2.75, 3.05) is 0 Å². The second-order valence-electron chi connectivity index (χ2n) is 5.46. The number of aromatic nitrogens is 4. The van der Waals surface area contributed by atoms with Crippen LogP contribution in [0.4, 0.5) is 0 Å². The molecule has 0 atom stereocenters. The molecule has 22 heavy (non-hydrogen) atoms. The first-order chi connectivity index (χ1) is 10.6. The summed E-state index contributed by atoms with van der Waals surface area (Å²) in [5, 5.41) is 22.7. The fourth-order valence-corrected chi connectivity index (χ4v) is 2.60. The molecular formula is C14H15N5O3. The van der Waals surface area contributed by atoms with Crippen LogP contribution in [0.25, 0.3) is 5.69 Å². The molecule has 8 nitrogen and oxygen atoms in total. The van der Waals surface area contributed by atoms with Crippen molar-refractivity contribution >= 4 is 11.9 Å². The fourth-order valence-electron chi connectivity index (χ4n) is 2.60. The number of aliphatic carboxylic acids is 1. The highest BCUT2D eigenvalue weighted by Gasteiger charge is 2.40. The quantitative estimate of drug-likeness (QED) is 0.844. The monoisotopic (exact) mass is 301 g/mol. The van der Waals surface area contributed by atoms with Crippen molar-refractivity contribution < 1.29 is 14.7 Å². The largest absolute Gasteiger partial charge is 0.481 e. The summed E-state index contributed by atoms with van der Waals surface area (Å²) in [5.74, 6) is -1.15. The molecule has 0 aliphatic heterocycles. The lowest BCUT2D eigenvalue weighted by Gasteiger charge is -2.41. The predicted octanol–water partition coefficient (Wildman–Crippen LogP) is 0.789. The van der Waals surface area contributed by atoms with Gasteiger partial charge < -0.3 is 10.4 Å². The van der Waals surface area contributed by atoms with E-state index in [1.165, 1.54) is 11.0 Å². The highest BCUT2D eigenvalue weighted by Crippen LogP contribution is 2.35. The van der Waals surface area contributed by atoms with E-state index in [1.807, 2.05) is 0 Å². The second-order valence-corrected chi connectivity index (χ2v) is 5.46. The van der Waals surface area contributed by atoms with Crippen LogP contribution in [0.2, 0.25) is 0 Å². The second kappa shape index (κ2) is 5.55. The third kappa shape index (κ3) is 2.80. The number of rotatable bonds is 5. The van der Waals surface area contributed by atoms with Crippen molar-refractivity contribution in [1.82, 2.24) is 25.5 Å². The molecule has 2 N–H and O–H groups in total. The Balaban J connectivity index is 1.71. The van der Waals surface area contributed by atoms with Crippen LogP contribution >= 0.6 is 0 Å². The molecule has 1 aliphatic rings. The Bertz CT molecular complexity index is 677. The number of nitrogens with zero attached hydrogens (tertiary/aromatic N) is 4. The Hall–Kier alpha value is -2.77. The number of carbonyl (C=O) groups excluding carboxylic acids is 1. The molecule has 114 valence electrons. The minimum absolute atomic E-state index is 0.0402. The molecule has 3 rings (SSSR count). The molecule has 1 aliphatic carbocycles. The van der Waals surface area contributed by atoms with E-state index in [4.69, 9.17) is 5.11 Å². The predicted molar refractivity (Wildman–Crippen MR) is 75.5 cm³/mol. The first-order valence-electron chi connectivity index (χ1n) is 6.96. The van der Waals surface area contributed by atoms with Gasteiger partial charge in [0.2, 0.25) is 0 Å². The highest BCUT2D eigenvalue weighted by atomic mass is 16.4. The molecule has 0 saturated heterocycles. The summed E-state index contributed by atoms with van der Waals surface area (Å²) in [6.45, 7) is 0. The first-order valence-corrected chi connectivity index (χ1v) is 6.96. The molecule has 1 heterocycles. The number of tetrazole rings is 1. The van der Waals surface area contributed by atoms with Crippen molar-refractivity contribution in [3.8, 4) is 5.69 Å². The van der Waals surface area contributed by atoms with Crippen LogP contribution in [-0.4, -0.2) is 42.7 Å². The van der Waals surface area contributed by atoms with Gasteiger partial charge >= 0.3 is 5.97 Å². The SMILES string of the molecule is O=C(O)CC1(NC(=O)c2ccc(-n3cnnn3)cc2)CCC1. The van der Waals surface area contributed by atoms with Crippen LogP contribution in [0.15, 0.2) is 30.6 Å². The third-order valence-electron chi connectivity index (χ3n) is 3.92. The van der Waals surface area contributed by atoms with Gasteiger partial charge in [0.15, 0.2) is 0 Å². The molecule has 2 aromatic rings. The molecule has 1 aromatic carbocycles. The van der Waals surface area contributed by atoms with Gasteiger partial charge in [-0.1, -0.05) is 0 Å². The van der Waals surface area contributed by atoms with Crippen molar-refractivity contribution in [2.24, 2.45) is 0 Å². The van der Waals surface area contributed by atoms with Crippen LogP contribution < -0.4 is 5.32 Å². The van der Waals surface area contributed by atoms with Gasteiger partial charge in [0.05, 0.1) is 17.6 Å². The average molecular weight is 301 g/mol. The van der Waals surface area contributed by atoms with Crippen molar-refractivity contribution in [3.05, 3.63) is 36.2 Å². The lowest BCUT2D eigenvalue weighted by molar-refractivity contribution is -0.139. The number of carboxylic acid groups (broad SMARTS) is 1. The topological polar surface area (TPSA) is 110 Å². The molecule has 1 aromatic heterocycles. The highest BCUT2D eigenvalue weighted by molar-refractivity contribution is 5.95. The van der Waals surface area contributed by atoms with Crippen molar-refractivity contribution in [1.29, 1.82) is 0 Å². The number of hydrogen-bond acceptors (Lipinski definition) is 5. The van der Waals surface area contributed by atoms with Crippen LogP contribution in [0.5, 0.6) is 0 Å². The van der Waals surface area contributed by atoms with Gasteiger partial charge in [0.25, 0.3) is 5.91 Å². The zero-order valence-corrected chi connectivity index (χ0v) is 11.8. The van der Waals surface area contributed by atoms with Crippen LogP contribution in [0.3, 0.4) is 0 Å². The van der Waals surface area contributed by atoms with Gasteiger partial charge in [-0.25, -0.2) is 4.68 Å². The van der Waals surface area contributed by atoms with E-state index in [9.17, 15) is 9.59 Å². The summed E-state index contributed by atoms with van der Waals surface area (Å²) in [6, 6.07) is 6.80. The Morgan fingerprint density at radius 1 is 1.27 bits per heavy atom. The molecule has 8 heteroatoms. The average Bonchev–Trinajstić information content (AvgIpc) is 2.98. The molecule has 0 unspecified atom stereocenters. The third-order valence-corrected chi connectivity index (χ3v) is 3.92. The van der Waals surface area contributed by atoms with Crippen molar-refractivity contribution in [2.45, 2.75) is 31.2 Å². The number of amides is 1. The summed E-state index contributed by atoms with van der Waals surface area (Å²) in [4.78, 5) is 23.2. The summed E-state index contributed by atoms with van der Waals surface area (Å²) < 4.78 is 1.49. The number of hydrogen-bond donors (Lipinski definition) is 2. The molecule has 1 saturated carbocycles. The van der Waals surface area contributed by atoms with Gasteiger partial charge in [-0.15, -0.1) is 5.10 Å². The van der Waals surface area contributed by atoms with E-state index in [1.54, 1.807) is 24.3 Å². The van der Waals surface area contributed by atoms with Gasteiger partial charge in [0.1, 0.15) is 6.33 Å². The maximum absolute atomic E-state index is 12.3. The van der Waals surface area contributed by atoms with E-state index in [0.717, 1.165) is 12.1 Å². The van der Waals surface area contributed by atoms with E-state index >= 15 is 0 Å². The standard InChI is InChI=1S/C14H15N5O3/c20-12(21)8-14(6-1-7-14)16-13(22)10-2-4-11(5-3-10)19-9-15-17-18-19/h2-5,9H,1,6-8H2,(H,16,22)(H,20,21). The Morgan fingerprint density at radius 3 is 2.50 bits per heavy atom. The fraction of sp³-hybridized carbons (Fsp3) is 0.357. The molecule has 1 fully saturated rings. The molecule has 0 spiro atoms. The van der Waals surface area contributed by atoms with Crippen LogP contribution in [0.1, 0.15) is 36.0 Å². The molecule has 1 amide bonds. The zero-order chi connectivity index (χ0) is 15.6. The van der Waals surface area contributed by atoms with Gasteiger partial charge in [-0.2, -0.15) is 0 Å². The minimum Gasteiger partial charge on any atom is -0.481 e. The summed E-state index contributed by atoms with van der Waals surface area (Å²) >= 11 is 0. The summed E-state index contributed by atoms with van der Waals surface area (Å²) in [7, 11) is 0. The summed E-state index contributed by atoms with van der Waals surface area (Å²) in [5.41, 5.74) is 0.621. The van der Waals surface area contributed by atoms with E-state index in [-0.39, 0.29) is 12.3 Å². The Morgan fingerprint density at radius 2 is 2.00 bits per heavy atom. The number of benzene rings is 1. The maximum atomic E-state index is 12.3. The van der Waals surface area contributed by atoms with Gasteiger partial charge in [-0.3, -0.25) is 9.59 Å². The number of carbonyl (C=O) groups is 2. The smallest absolute Gasteiger partial charge is 0.305 e. The maximum Gasteiger partial charge on any atom is 0.305 e. The summed E-state index contributed by atoms with van der Waals surface area (Å²) in [6.07, 6.45) is 3.76. The minimum atomic E-state index is -0.894. The molecule has 0 bridgehead atoms. The van der Waals surface area contributed by atoms with E-state index in [0.29, 0.717) is 18.4 Å². The lowest BCUT2D eigenvalue weighted by Crippen LogP contribution is -2.54. The first kappa shape index (κ1) is 14.2. The number of nitrogens with one attached hydrogen (secondary N) is 1. The molecule has 0 radical (unpaired) electrons. The van der Waals surface area contributed by atoms with E-state index in [2.05, 4.69) is 20.8 Å². The normalized spacial score (nSPS) is 15.8. The van der Waals surface area contributed by atoms with E-state index < -0.39 is 11.5 Å². The van der Waals surface area contributed by atoms with Gasteiger partial charge in [-0.05, 0) is 54.0 Å². The molecular weight excluding hydrogens is 286 g/mol. The Kier molecular flexibility index (Phi) is 3.58.